The molecule has 1 saturated carbocycles. The lowest BCUT2D eigenvalue weighted by molar-refractivity contribution is -0.128. The van der Waals surface area contributed by atoms with Crippen LogP contribution in [-0.2, 0) is 9.59 Å². The van der Waals surface area contributed by atoms with Crippen LogP contribution in [0.3, 0.4) is 0 Å². The number of amides is 2. The molecule has 1 aliphatic heterocycles. The molecule has 2 unspecified atom stereocenters. The van der Waals surface area contributed by atoms with Crippen LogP contribution in [0.1, 0.15) is 45.4 Å². The van der Waals surface area contributed by atoms with E-state index in [9.17, 15) is 9.59 Å². The monoisotopic (exact) mass is 224 g/mol. The molecule has 16 heavy (non-hydrogen) atoms. The van der Waals surface area contributed by atoms with Crippen LogP contribution in [0.2, 0.25) is 0 Å². The third kappa shape index (κ3) is 2.54. The van der Waals surface area contributed by atoms with Gasteiger partial charge in [0.15, 0.2) is 0 Å². The van der Waals surface area contributed by atoms with Crippen molar-refractivity contribution in [2.75, 3.05) is 0 Å². The first-order valence-corrected chi connectivity index (χ1v) is 6.26. The number of rotatable bonds is 1. The average Bonchev–Trinajstić information content (AvgIpc) is 2.38. The van der Waals surface area contributed by atoms with Gasteiger partial charge in [0.2, 0.25) is 11.8 Å². The van der Waals surface area contributed by atoms with Gasteiger partial charge in [-0.25, -0.2) is 0 Å². The lowest BCUT2D eigenvalue weighted by Crippen LogP contribution is -2.48. The molecule has 0 aromatic rings. The molecule has 0 bridgehead atoms. The van der Waals surface area contributed by atoms with Crippen LogP contribution in [0.15, 0.2) is 0 Å². The fourth-order valence-corrected chi connectivity index (χ4v) is 2.76. The fraction of sp³-hybridized carbons (Fsp3) is 0.833. The first-order valence-electron chi connectivity index (χ1n) is 6.26. The minimum Gasteiger partial charge on any atom is -0.351 e. The minimum atomic E-state index is -0.294. The first-order chi connectivity index (χ1) is 7.66. The maximum Gasteiger partial charge on any atom is 0.243 e. The molecule has 4 heteroatoms. The molecule has 1 heterocycles. The number of hydrogen-bond donors (Lipinski definition) is 2. The van der Waals surface area contributed by atoms with Gasteiger partial charge in [0.25, 0.3) is 0 Å². The van der Waals surface area contributed by atoms with Gasteiger partial charge in [0.1, 0.15) is 6.04 Å². The SMILES string of the molecule is CC1CC(=O)NC(C2CCCCC2)C(=O)N1. The summed E-state index contributed by atoms with van der Waals surface area (Å²) in [5.74, 6) is 0.342. The summed E-state index contributed by atoms with van der Waals surface area (Å²) in [4.78, 5) is 23.5. The van der Waals surface area contributed by atoms with Crippen LogP contribution in [0.25, 0.3) is 0 Å². The highest BCUT2D eigenvalue weighted by atomic mass is 16.2. The lowest BCUT2D eigenvalue weighted by Gasteiger charge is -2.28. The smallest absolute Gasteiger partial charge is 0.243 e. The Balaban J connectivity index is 2.05. The second-order valence-corrected chi connectivity index (χ2v) is 5.06. The Morgan fingerprint density at radius 1 is 1.06 bits per heavy atom. The Kier molecular flexibility index (Phi) is 3.46. The van der Waals surface area contributed by atoms with E-state index in [1.54, 1.807) is 0 Å². The zero-order valence-corrected chi connectivity index (χ0v) is 9.79. The second-order valence-electron chi connectivity index (χ2n) is 5.06. The molecule has 2 fully saturated rings. The summed E-state index contributed by atoms with van der Waals surface area (Å²) < 4.78 is 0. The molecule has 2 aliphatic rings. The first kappa shape index (κ1) is 11.4. The van der Waals surface area contributed by atoms with Crippen LogP contribution in [-0.4, -0.2) is 23.9 Å². The second kappa shape index (κ2) is 4.85. The van der Waals surface area contributed by atoms with E-state index >= 15 is 0 Å². The van der Waals surface area contributed by atoms with E-state index in [0.29, 0.717) is 12.3 Å². The molecule has 2 amide bonds. The summed E-state index contributed by atoms with van der Waals surface area (Å²) in [6.07, 6.45) is 6.14. The normalized spacial score (nSPS) is 32.8. The van der Waals surface area contributed by atoms with Crippen molar-refractivity contribution in [1.82, 2.24) is 10.6 Å². The quantitative estimate of drug-likeness (QED) is 0.697. The predicted molar refractivity (Wildman–Crippen MR) is 60.7 cm³/mol. The average molecular weight is 224 g/mol. The van der Waals surface area contributed by atoms with Gasteiger partial charge in [-0.15, -0.1) is 0 Å². The van der Waals surface area contributed by atoms with E-state index in [1.165, 1.54) is 19.3 Å². The Morgan fingerprint density at radius 3 is 2.44 bits per heavy atom. The van der Waals surface area contributed by atoms with Gasteiger partial charge in [-0.2, -0.15) is 0 Å². The summed E-state index contributed by atoms with van der Waals surface area (Å²) >= 11 is 0. The van der Waals surface area contributed by atoms with Crippen molar-refractivity contribution < 1.29 is 9.59 Å². The van der Waals surface area contributed by atoms with Crippen molar-refractivity contribution in [3.05, 3.63) is 0 Å². The maximum atomic E-state index is 11.9. The van der Waals surface area contributed by atoms with E-state index in [-0.39, 0.29) is 23.9 Å². The summed E-state index contributed by atoms with van der Waals surface area (Å²) in [5, 5.41) is 5.78. The highest BCUT2D eigenvalue weighted by Crippen LogP contribution is 2.27. The molecular formula is C12H20N2O2. The van der Waals surface area contributed by atoms with Crippen LogP contribution < -0.4 is 10.6 Å². The van der Waals surface area contributed by atoms with Gasteiger partial charge in [-0.3, -0.25) is 9.59 Å². The molecule has 2 atom stereocenters. The van der Waals surface area contributed by atoms with Gasteiger partial charge in [0, 0.05) is 12.5 Å². The molecule has 90 valence electrons. The number of hydrogen-bond acceptors (Lipinski definition) is 2. The number of carbonyl (C=O) groups excluding carboxylic acids is 2. The molecule has 2 rings (SSSR count). The third-order valence-corrected chi connectivity index (χ3v) is 3.60. The molecule has 0 spiro atoms. The number of nitrogens with one attached hydrogen (secondary N) is 2. The maximum absolute atomic E-state index is 11.9. The van der Waals surface area contributed by atoms with Crippen molar-refractivity contribution in [3.63, 3.8) is 0 Å². The summed E-state index contributed by atoms with van der Waals surface area (Å²) in [7, 11) is 0. The predicted octanol–water partition coefficient (Wildman–Crippen LogP) is 0.960. The van der Waals surface area contributed by atoms with E-state index < -0.39 is 0 Å². The number of carbonyl (C=O) groups is 2. The zero-order chi connectivity index (χ0) is 11.5. The lowest BCUT2D eigenvalue weighted by atomic mass is 9.83. The van der Waals surface area contributed by atoms with E-state index in [2.05, 4.69) is 10.6 Å². The van der Waals surface area contributed by atoms with Crippen molar-refractivity contribution >= 4 is 11.8 Å². The molecule has 0 radical (unpaired) electrons. The van der Waals surface area contributed by atoms with Gasteiger partial charge >= 0.3 is 0 Å². The summed E-state index contributed by atoms with van der Waals surface area (Å²) in [6, 6.07) is -0.334. The van der Waals surface area contributed by atoms with Crippen LogP contribution >= 0.6 is 0 Å². The largest absolute Gasteiger partial charge is 0.351 e. The van der Waals surface area contributed by atoms with E-state index in [1.807, 2.05) is 6.92 Å². The Morgan fingerprint density at radius 2 is 1.75 bits per heavy atom. The minimum absolute atomic E-state index is 0.00132. The zero-order valence-electron chi connectivity index (χ0n) is 9.79. The van der Waals surface area contributed by atoms with Crippen molar-refractivity contribution in [1.29, 1.82) is 0 Å². The van der Waals surface area contributed by atoms with E-state index in [4.69, 9.17) is 0 Å². The molecule has 0 aromatic heterocycles. The van der Waals surface area contributed by atoms with Gasteiger partial charge < -0.3 is 10.6 Å². The molecular weight excluding hydrogens is 204 g/mol. The van der Waals surface area contributed by atoms with Crippen LogP contribution in [0, 0.1) is 5.92 Å². The van der Waals surface area contributed by atoms with E-state index in [0.717, 1.165) is 12.8 Å². The Hall–Kier alpha value is -1.06. The highest BCUT2D eigenvalue weighted by Gasteiger charge is 2.33. The standard InChI is InChI=1S/C12H20N2O2/c1-8-7-10(15)14-11(12(16)13-8)9-5-3-2-4-6-9/h8-9,11H,2-7H2,1H3,(H,13,16)(H,14,15). The molecule has 0 aromatic carbocycles. The van der Waals surface area contributed by atoms with Crippen molar-refractivity contribution in [2.45, 2.75) is 57.5 Å². The van der Waals surface area contributed by atoms with Gasteiger partial charge in [0.05, 0.1) is 0 Å². The molecule has 1 saturated heterocycles. The van der Waals surface area contributed by atoms with Crippen molar-refractivity contribution in [2.24, 2.45) is 5.92 Å². The van der Waals surface area contributed by atoms with Gasteiger partial charge in [-0.1, -0.05) is 19.3 Å². The Bertz CT molecular complexity index is 285. The molecule has 1 aliphatic carbocycles. The summed E-state index contributed by atoms with van der Waals surface area (Å²) in [6.45, 7) is 1.88. The molecule has 4 nitrogen and oxygen atoms in total. The Labute approximate surface area is 96.2 Å². The van der Waals surface area contributed by atoms with Gasteiger partial charge in [-0.05, 0) is 25.7 Å². The third-order valence-electron chi connectivity index (χ3n) is 3.60. The topological polar surface area (TPSA) is 58.2 Å². The van der Waals surface area contributed by atoms with Crippen LogP contribution in [0.4, 0.5) is 0 Å². The molecule has 2 N–H and O–H groups in total. The fourth-order valence-electron chi connectivity index (χ4n) is 2.76. The highest BCUT2D eigenvalue weighted by molar-refractivity contribution is 5.90. The summed E-state index contributed by atoms with van der Waals surface area (Å²) in [5.41, 5.74) is 0. The van der Waals surface area contributed by atoms with Crippen molar-refractivity contribution in [3.8, 4) is 0 Å². The van der Waals surface area contributed by atoms with Crippen LogP contribution in [0.5, 0.6) is 0 Å².